The smallest absolute Gasteiger partial charge is 0.303 e. The van der Waals surface area contributed by atoms with Crippen molar-refractivity contribution in [2.75, 3.05) is 0 Å². The van der Waals surface area contributed by atoms with Gasteiger partial charge in [0.15, 0.2) is 0 Å². The quantitative estimate of drug-likeness (QED) is 0.519. The van der Waals surface area contributed by atoms with Crippen LogP contribution >= 0.6 is 0 Å². The van der Waals surface area contributed by atoms with Crippen molar-refractivity contribution >= 4 is 5.97 Å². The van der Waals surface area contributed by atoms with Crippen LogP contribution in [-0.4, -0.2) is 11.1 Å². The zero-order chi connectivity index (χ0) is 11.4. The van der Waals surface area contributed by atoms with E-state index in [-0.39, 0.29) is 0 Å². The largest absolute Gasteiger partial charge is 0.481 e. The van der Waals surface area contributed by atoms with Crippen LogP contribution in [0.3, 0.4) is 0 Å². The molecule has 1 N–H and O–H groups in total. The summed E-state index contributed by atoms with van der Waals surface area (Å²) in [5.74, 6) is -0.670. The molecule has 2 nitrogen and oxygen atoms in total. The van der Waals surface area contributed by atoms with Crippen LogP contribution in [0.2, 0.25) is 0 Å². The fourth-order valence-corrected chi connectivity index (χ4v) is 0.880. The highest BCUT2D eigenvalue weighted by Gasteiger charge is 1.94. The lowest BCUT2D eigenvalue weighted by atomic mass is 10.1. The number of rotatable bonds is 6. The van der Waals surface area contributed by atoms with Gasteiger partial charge >= 0.3 is 5.97 Å². The van der Waals surface area contributed by atoms with Crippen molar-refractivity contribution in [2.45, 2.75) is 59.3 Å². The Kier molecular flexibility index (Phi) is 13.7. The van der Waals surface area contributed by atoms with E-state index in [4.69, 9.17) is 5.11 Å². The summed E-state index contributed by atoms with van der Waals surface area (Å²) in [6, 6.07) is 0. The predicted octanol–water partition coefficient (Wildman–Crippen LogP) is 4.01. The molecule has 0 amide bonds. The summed E-state index contributed by atoms with van der Waals surface area (Å²) in [4.78, 5) is 10.0. The minimum atomic E-state index is -0.670. The molecule has 0 aliphatic rings. The van der Waals surface area contributed by atoms with Crippen molar-refractivity contribution in [3.8, 4) is 0 Å². The third-order valence-electron chi connectivity index (χ3n) is 1.49. The number of carboxylic acid groups (broad SMARTS) is 1. The standard InChI is InChI=1S/C8H16O2.C4H8/c1-2-3-4-5-6-7-8(9)10;1-4(2)3/h2-7H2,1H3,(H,9,10);1H2,2-3H3. The Morgan fingerprint density at radius 2 is 1.57 bits per heavy atom. The van der Waals surface area contributed by atoms with Crippen molar-refractivity contribution in [2.24, 2.45) is 0 Å². The first-order chi connectivity index (χ1) is 6.50. The maximum Gasteiger partial charge on any atom is 0.303 e. The van der Waals surface area contributed by atoms with E-state index in [9.17, 15) is 4.79 Å². The van der Waals surface area contributed by atoms with Gasteiger partial charge in [0.2, 0.25) is 0 Å². The summed E-state index contributed by atoms with van der Waals surface area (Å²) < 4.78 is 0. The molecule has 0 fully saturated rings. The van der Waals surface area contributed by atoms with Crippen molar-refractivity contribution in [1.82, 2.24) is 0 Å². The van der Waals surface area contributed by atoms with E-state index in [1.54, 1.807) is 0 Å². The highest BCUT2D eigenvalue weighted by atomic mass is 16.4. The first kappa shape index (κ1) is 15.7. The number of allylic oxidation sites excluding steroid dienone is 1. The highest BCUT2D eigenvalue weighted by Crippen LogP contribution is 2.04. The Morgan fingerprint density at radius 3 is 1.93 bits per heavy atom. The Morgan fingerprint density at radius 1 is 1.14 bits per heavy atom. The zero-order valence-electron chi connectivity index (χ0n) is 9.81. The molecule has 0 aliphatic carbocycles. The second kappa shape index (κ2) is 12.2. The SMILES string of the molecule is C=C(C)C.CCCCCCCC(=O)O. The van der Waals surface area contributed by atoms with Crippen LogP contribution in [0.15, 0.2) is 12.2 Å². The topological polar surface area (TPSA) is 37.3 Å². The molecule has 0 rings (SSSR count). The molecule has 0 unspecified atom stereocenters. The Bertz CT molecular complexity index is 146. The minimum Gasteiger partial charge on any atom is -0.481 e. The monoisotopic (exact) mass is 200 g/mol. The average Bonchev–Trinajstić information content (AvgIpc) is 2.02. The van der Waals surface area contributed by atoms with Crippen LogP contribution in [0.1, 0.15) is 59.3 Å². The summed E-state index contributed by atoms with van der Waals surface area (Å²) in [7, 11) is 0. The molecule has 0 bridgehead atoms. The van der Waals surface area contributed by atoms with Crippen LogP contribution in [0.5, 0.6) is 0 Å². The maximum absolute atomic E-state index is 10.0. The molecule has 0 aromatic rings. The molecule has 0 aromatic carbocycles. The summed E-state index contributed by atoms with van der Waals surface area (Å²) in [5, 5.41) is 8.27. The Labute approximate surface area is 88.0 Å². The molecule has 0 aliphatic heterocycles. The van der Waals surface area contributed by atoms with Crippen LogP contribution in [-0.2, 0) is 4.79 Å². The molecule has 0 spiro atoms. The fourth-order valence-electron chi connectivity index (χ4n) is 0.880. The van der Waals surface area contributed by atoms with Gasteiger partial charge in [-0.2, -0.15) is 0 Å². The van der Waals surface area contributed by atoms with Gasteiger partial charge in [-0.15, -0.1) is 6.58 Å². The lowest BCUT2D eigenvalue weighted by molar-refractivity contribution is -0.137. The second-order valence-corrected chi connectivity index (χ2v) is 3.77. The summed E-state index contributed by atoms with van der Waals surface area (Å²) in [5.41, 5.74) is 1.17. The van der Waals surface area contributed by atoms with E-state index in [0.717, 1.165) is 12.8 Å². The number of carbonyl (C=O) groups is 1. The summed E-state index contributed by atoms with van der Waals surface area (Å²) in [6.45, 7) is 9.65. The van der Waals surface area contributed by atoms with Crippen molar-refractivity contribution < 1.29 is 9.90 Å². The lowest BCUT2D eigenvalue weighted by Gasteiger charge is -1.95. The molecule has 0 saturated heterocycles. The third kappa shape index (κ3) is 30.3. The molecule has 84 valence electrons. The predicted molar refractivity (Wildman–Crippen MR) is 61.5 cm³/mol. The van der Waals surface area contributed by atoms with E-state index < -0.39 is 5.97 Å². The number of aliphatic carboxylic acids is 1. The zero-order valence-corrected chi connectivity index (χ0v) is 9.81. The van der Waals surface area contributed by atoms with Crippen LogP contribution in [0.4, 0.5) is 0 Å². The number of carboxylic acids is 1. The van der Waals surface area contributed by atoms with Gasteiger partial charge in [0.1, 0.15) is 0 Å². The number of hydrogen-bond acceptors (Lipinski definition) is 1. The first-order valence-electron chi connectivity index (χ1n) is 5.34. The average molecular weight is 200 g/mol. The van der Waals surface area contributed by atoms with Gasteiger partial charge < -0.3 is 5.11 Å². The van der Waals surface area contributed by atoms with Crippen LogP contribution in [0.25, 0.3) is 0 Å². The number of hydrogen-bond donors (Lipinski definition) is 1. The van der Waals surface area contributed by atoms with E-state index in [2.05, 4.69) is 13.5 Å². The van der Waals surface area contributed by atoms with Gasteiger partial charge in [-0.3, -0.25) is 4.79 Å². The number of unbranched alkanes of at least 4 members (excludes halogenated alkanes) is 4. The molecular formula is C12H24O2. The normalized spacial score (nSPS) is 8.79. The van der Waals surface area contributed by atoms with Crippen molar-refractivity contribution in [1.29, 1.82) is 0 Å². The van der Waals surface area contributed by atoms with Gasteiger partial charge in [0.25, 0.3) is 0 Å². The molecule has 0 heterocycles. The lowest BCUT2D eigenvalue weighted by Crippen LogP contribution is -1.93. The summed E-state index contributed by atoms with van der Waals surface area (Å²) in [6.07, 6.45) is 5.88. The van der Waals surface area contributed by atoms with Crippen molar-refractivity contribution in [3.63, 3.8) is 0 Å². The van der Waals surface area contributed by atoms with E-state index in [1.165, 1.54) is 24.8 Å². The Balaban J connectivity index is 0. The van der Waals surface area contributed by atoms with Gasteiger partial charge in [-0.25, -0.2) is 0 Å². The molecule has 14 heavy (non-hydrogen) atoms. The van der Waals surface area contributed by atoms with E-state index in [0.29, 0.717) is 6.42 Å². The third-order valence-corrected chi connectivity index (χ3v) is 1.49. The first-order valence-corrected chi connectivity index (χ1v) is 5.34. The van der Waals surface area contributed by atoms with Gasteiger partial charge in [0, 0.05) is 6.42 Å². The van der Waals surface area contributed by atoms with Crippen molar-refractivity contribution in [3.05, 3.63) is 12.2 Å². The van der Waals surface area contributed by atoms with Crippen LogP contribution < -0.4 is 0 Å². The van der Waals surface area contributed by atoms with Gasteiger partial charge in [-0.1, -0.05) is 38.2 Å². The highest BCUT2D eigenvalue weighted by molar-refractivity contribution is 5.66. The van der Waals surface area contributed by atoms with E-state index in [1.807, 2.05) is 13.8 Å². The Hall–Kier alpha value is -0.790. The molecular weight excluding hydrogens is 176 g/mol. The van der Waals surface area contributed by atoms with Gasteiger partial charge in [0.05, 0.1) is 0 Å². The molecule has 0 atom stereocenters. The molecule has 2 heteroatoms. The van der Waals surface area contributed by atoms with E-state index >= 15 is 0 Å². The second-order valence-electron chi connectivity index (χ2n) is 3.77. The van der Waals surface area contributed by atoms with Crippen LogP contribution in [0, 0.1) is 0 Å². The van der Waals surface area contributed by atoms with Gasteiger partial charge in [-0.05, 0) is 20.3 Å². The summed E-state index contributed by atoms with van der Waals surface area (Å²) >= 11 is 0. The maximum atomic E-state index is 10.0. The molecule has 0 aromatic heterocycles. The minimum absolute atomic E-state index is 0.337. The molecule has 0 radical (unpaired) electrons. The molecule has 0 saturated carbocycles. The fraction of sp³-hybridized carbons (Fsp3) is 0.750.